The molecule has 0 saturated carbocycles. The van der Waals surface area contributed by atoms with Crippen LogP contribution in [0.15, 0.2) is 18.2 Å². The standard InChI is InChI=1S/C12H14N4O2S/c1-8-9(4-3-5-10(8)16(17)18)12-15-14-11(19-12)6-7-13-2/h3-5,13H,6-7H2,1-2H3. The minimum atomic E-state index is -0.373. The number of hydrogen-bond acceptors (Lipinski definition) is 6. The van der Waals surface area contributed by atoms with Gasteiger partial charge < -0.3 is 5.32 Å². The molecule has 0 atom stereocenters. The molecule has 6 nitrogen and oxygen atoms in total. The molecule has 0 radical (unpaired) electrons. The van der Waals surface area contributed by atoms with Crippen LogP contribution in [0.3, 0.4) is 0 Å². The van der Waals surface area contributed by atoms with Crippen LogP contribution in [0.25, 0.3) is 10.6 Å². The maximum Gasteiger partial charge on any atom is 0.273 e. The van der Waals surface area contributed by atoms with Crippen molar-refractivity contribution in [2.45, 2.75) is 13.3 Å². The minimum absolute atomic E-state index is 0.115. The number of rotatable bonds is 5. The molecule has 7 heteroatoms. The third kappa shape index (κ3) is 2.94. The second-order valence-electron chi connectivity index (χ2n) is 4.06. The molecule has 0 unspecified atom stereocenters. The molecule has 0 spiro atoms. The molecule has 100 valence electrons. The van der Waals surface area contributed by atoms with Gasteiger partial charge in [-0.2, -0.15) is 0 Å². The summed E-state index contributed by atoms with van der Waals surface area (Å²) < 4.78 is 0. The van der Waals surface area contributed by atoms with E-state index in [4.69, 9.17) is 0 Å². The number of hydrogen-bond donors (Lipinski definition) is 1. The molecular weight excluding hydrogens is 264 g/mol. The van der Waals surface area contributed by atoms with Crippen molar-refractivity contribution in [3.63, 3.8) is 0 Å². The van der Waals surface area contributed by atoms with Crippen molar-refractivity contribution in [3.8, 4) is 10.6 Å². The Morgan fingerprint density at radius 3 is 2.89 bits per heavy atom. The summed E-state index contributed by atoms with van der Waals surface area (Å²) in [5.74, 6) is 0. The van der Waals surface area contributed by atoms with E-state index in [1.54, 1.807) is 13.0 Å². The number of nitro groups is 1. The number of nitro benzene ring substituents is 1. The maximum absolute atomic E-state index is 10.9. The normalized spacial score (nSPS) is 10.6. The Hall–Kier alpha value is -1.86. The Morgan fingerprint density at radius 2 is 2.21 bits per heavy atom. The van der Waals surface area contributed by atoms with Gasteiger partial charge in [-0.25, -0.2) is 0 Å². The van der Waals surface area contributed by atoms with E-state index in [1.807, 2.05) is 13.1 Å². The van der Waals surface area contributed by atoms with Crippen LogP contribution in [0.5, 0.6) is 0 Å². The van der Waals surface area contributed by atoms with Crippen molar-refractivity contribution < 1.29 is 4.92 Å². The van der Waals surface area contributed by atoms with Crippen molar-refractivity contribution in [1.82, 2.24) is 15.5 Å². The van der Waals surface area contributed by atoms with Crippen molar-refractivity contribution in [1.29, 1.82) is 0 Å². The number of benzene rings is 1. The summed E-state index contributed by atoms with van der Waals surface area (Å²) in [5.41, 5.74) is 1.52. The van der Waals surface area contributed by atoms with Gasteiger partial charge in [-0.05, 0) is 14.0 Å². The molecule has 0 aliphatic rings. The van der Waals surface area contributed by atoms with Crippen molar-refractivity contribution >= 4 is 17.0 Å². The number of aromatic nitrogens is 2. The molecule has 19 heavy (non-hydrogen) atoms. The van der Waals surface area contributed by atoms with Crippen molar-refractivity contribution in [2.75, 3.05) is 13.6 Å². The van der Waals surface area contributed by atoms with E-state index in [0.717, 1.165) is 28.5 Å². The molecule has 2 aromatic rings. The molecule has 0 aliphatic heterocycles. The van der Waals surface area contributed by atoms with Crippen LogP contribution in [-0.2, 0) is 6.42 Å². The first-order valence-corrected chi connectivity index (χ1v) is 6.66. The van der Waals surface area contributed by atoms with Crippen molar-refractivity contribution in [3.05, 3.63) is 38.9 Å². The van der Waals surface area contributed by atoms with E-state index in [9.17, 15) is 10.1 Å². The molecule has 1 N–H and O–H groups in total. The van der Waals surface area contributed by atoms with Crippen LogP contribution in [0.2, 0.25) is 0 Å². The SMILES string of the molecule is CNCCc1nnc(-c2cccc([N+](=O)[O-])c2C)s1. The second kappa shape index (κ2) is 5.85. The smallest absolute Gasteiger partial charge is 0.273 e. The molecule has 0 saturated heterocycles. The minimum Gasteiger partial charge on any atom is -0.319 e. The molecule has 0 aliphatic carbocycles. The highest BCUT2D eigenvalue weighted by Gasteiger charge is 2.16. The average molecular weight is 278 g/mol. The Bertz CT molecular complexity index is 597. The summed E-state index contributed by atoms with van der Waals surface area (Å²) >= 11 is 1.48. The zero-order chi connectivity index (χ0) is 13.8. The first kappa shape index (κ1) is 13.6. The highest BCUT2D eigenvalue weighted by Crippen LogP contribution is 2.31. The van der Waals surface area contributed by atoms with Crippen LogP contribution in [-0.4, -0.2) is 28.7 Å². The fourth-order valence-electron chi connectivity index (χ4n) is 1.75. The number of likely N-dealkylation sites (N-methyl/N-ethyl adjacent to an activating group) is 1. The predicted molar refractivity (Wildman–Crippen MR) is 74.4 cm³/mol. The van der Waals surface area contributed by atoms with Gasteiger partial charge >= 0.3 is 0 Å². The molecule has 0 bridgehead atoms. The summed E-state index contributed by atoms with van der Waals surface area (Å²) in [6.07, 6.45) is 0.808. The molecule has 0 amide bonds. The Labute approximate surface area is 114 Å². The van der Waals surface area contributed by atoms with E-state index < -0.39 is 0 Å². The van der Waals surface area contributed by atoms with Crippen molar-refractivity contribution in [2.24, 2.45) is 0 Å². The van der Waals surface area contributed by atoms with Gasteiger partial charge in [-0.1, -0.05) is 23.5 Å². The lowest BCUT2D eigenvalue weighted by Crippen LogP contribution is -2.09. The number of nitrogens with one attached hydrogen (secondary N) is 1. The molecule has 1 aromatic carbocycles. The predicted octanol–water partition coefficient (Wildman–Crippen LogP) is 2.18. The summed E-state index contributed by atoms with van der Waals surface area (Å²) in [7, 11) is 1.88. The van der Waals surface area contributed by atoms with E-state index >= 15 is 0 Å². The zero-order valence-electron chi connectivity index (χ0n) is 10.7. The molecule has 1 heterocycles. The van der Waals surface area contributed by atoms with Gasteiger partial charge in [-0.3, -0.25) is 10.1 Å². The van der Waals surface area contributed by atoms with Gasteiger partial charge in [-0.15, -0.1) is 10.2 Å². The van der Waals surface area contributed by atoms with Crippen LogP contribution in [0, 0.1) is 17.0 Å². The first-order valence-electron chi connectivity index (χ1n) is 5.85. The van der Waals surface area contributed by atoms with Gasteiger partial charge in [0.2, 0.25) is 0 Å². The summed E-state index contributed by atoms with van der Waals surface area (Å²) in [4.78, 5) is 10.5. The topological polar surface area (TPSA) is 81.0 Å². The summed E-state index contributed by atoms with van der Waals surface area (Å²) in [6.45, 7) is 2.57. The third-order valence-corrected chi connectivity index (χ3v) is 3.80. The van der Waals surface area contributed by atoms with Crippen LogP contribution in [0.4, 0.5) is 5.69 Å². The van der Waals surface area contributed by atoms with Gasteiger partial charge in [0.1, 0.15) is 10.0 Å². The number of nitrogens with zero attached hydrogens (tertiary/aromatic N) is 3. The van der Waals surface area contributed by atoms with Gasteiger partial charge in [0.25, 0.3) is 5.69 Å². The zero-order valence-corrected chi connectivity index (χ0v) is 11.5. The maximum atomic E-state index is 10.9. The molecule has 2 rings (SSSR count). The van der Waals surface area contributed by atoms with E-state index in [0.29, 0.717) is 5.56 Å². The van der Waals surface area contributed by atoms with E-state index in [2.05, 4.69) is 15.5 Å². The highest BCUT2D eigenvalue weighted by atomic mass is 32.1. The summed E-state index contributed by atoms with van der Waals surface area (Å²) in [5, 5.41) is 23.8. The lowest BCUT2D eigenvalue weighted by Gasteiger charge is -2.01. The second-order valence-corrected chi connectivity index (χ2v) is 5.12. The molecule has 0 fully saturated rings. The van der Waals surface area contributed by atoms with Crippen LogP contribution < -0.4 is 5.32 Å². The molecule has 1 aromatic heterocycles. The van der Waals surface area contributed by atoms with Crippen LogP contribution in [0.1, 0.15) is 10.6 Å². The fraction of sp³-hybridized carbons (Fsp3) is 0.333. The lowest BCUT2D eigenvalue weighted by atomic mass is 10.1. The monoisotopic (exact) mass is 278 g/mol. The van der Waals surface area contributed by atoms with E-state index in [-0.39, 0.29) is 10.6 Å². The average Bonchev–Trinajstić information content (AvgIpc) is 2.84. The lowest BCUT2D eigenvalue weighted by molar-refractivity contribution is -0.385. The van der Waals surface area contributed by atoms with E-state index in [1.165, 1.54) is 17.4 Å². The quantitative estimate of drug-likeness (QED) is 0.669. The van der Waals surface area contributed by atoms with Gasteiger partial charge in [0.15, 0.2) is 0 Å². The Morgan fingerprint density at radius 1 is 1.42 bits per heavy atom. The Balaban J connectivity index is 2.34. The highest BCUT2D eigenvalue weighted by molar-refractivity contribution is 7.14. The fourth-order valence-corrected chi connectivity index (χ4v) is 2.67. The largest absolute Gasteiger partial charge is 0.319 e. The Kier molecular flexibility index (Phi) is 4.18. The van der Waals surface area contributed by atoms with Gasteiger partial charge in [0.05, 0.1) is 4.92 Å². The summed E-state index contributed by atoms with van der Waals surface area (Å²) in [6, 6.07) is 5.02. The van der Waals surface area contributed by atoms with Gasteiger partial charge in [0, 0.05) is 30.2 Å². The third-order valence-electron chi connectivity index (χ3n) is 2.79. The van der Waals surface area contributed by atoms with Crippen LogP contribution >= 0.6 is 11.3 Å². The first-order chi connectivity index (χ1) is 9.13. The molecular formula is C12H14N4O2S.